The Balaban J connectivity index is 2.86. The quantitative estimate of drug-likeness (QED) is 0.681. The van der Waals surface area contributed by atoms with Gasteiger partial charge in [-0.15, -0.1) is 8.78 Å². The molecular formula is C8H6ClF3O. The highest BCUT2D eigenvalue weighted by molar-refractivity contribution is 6.20. The van der Waals surface area contributed by atoms with E-state index in [2.05, 4.69) is 16.3 Å². The van der Waals surface area contributed by atoms with Crippen LogP contribution in [0.2, 0.25) is 0 Å². The van der Waals surface area contributed by atoms with Crippen molar-refractivity contribution in [1.29, 1.82) is 0 Å². The maximum atomic E-state index is 12.7. The third-order valence-electron chi connectivity index (χ3n) is 1.36. The van der Waals surface area contributed by atoms with Crippen LogP contribution in [0.15, 0.2) is 18.2 Å². The number of alkyl halides is 3. The van der Waals surface area contributed by atoms with Gasteiger partial charge in [-0.2, -0.15) is 0 Å². The molecule has 0 aliphatic carbocycles. The van der Waals surface area contributed by atoms with E-state index in [4.69, 9.17) is 0 Å². The molecule has 72 valence electrons. The number of halogens is 4. The minimum atomic E-state index is -3.76. The van der Waals surface area contributed by atoms with Crippen molar-refractivity contribution in [3.05, 3.63) is 29.6 Å². The lowest BCUT2D eigenvalue weighted by molar-refractivity contribution is -0.0965. The van der Waals surface area contributed by atoms with E-state index in [0.717, 1.165) is 18.2 Å². The normalized spacial score (nSPS) is 11.5. The van der Waals surface area contributed by atoms with Gasteiger partial charge in [0.2, 0.25) is 0 Å². The Morgan fingerprint density at radius 1 is 1.38 bits per heavy atom. The molecule has 1 aromatic rings. The number of ether oxygens (including phenoxy) is 1. The molecule has 1 rings (SSSR count). The molecule has 0 bridgehead atoms. The zero-order valence-electron chi connectivity index (χ0n) is 6.65. The van der Waals surface area contributed by atoms with Crippen LogP contribution in [0.5, 0.6) is 5.75 Å². The standard InChI is InChI=1S/C8H6ClF3O/c1-5-4-6(2-3-7(5)10)13-8(9,11)12/h2-4H,1H3. The molecule has 0 atom stereocenters. The van der Waals surface area contributed by atoms with Crippen molar-refractivity contribution in [3.8, 4) is 5.75 Å². The first-order valence-corrected chi connectivity index (χ1v) is 3.78. The number of benzene rings is 1. The monoisotopic (exact) mass is 210 g/mol. The Bertz CT molecular complexity index is 309. The molecule has 0 heterocycles. The van der Waals surface area contributed by atoms with Crippen LogP contribution in [0, 0.1) is 12.7 Å². The van der Waals surface area contributed by atoms with Crippen molar-refractivity contribution >= 4 is 11.6 Å². The first kappa shape index (κ1) is 10.2. The lowest BCUT2D eigenvalue weighted by Gasteiger charge is -2.10. The summed E-state index contributed by atoms with van der Waals surface area (Å²) in [6.07, 6.45) is 0. The van der Waals surface area contributed by atoms with Gasteiger partial charge in [-0.3, -0.25) is 0 Å². The zero-order valence-corrected chi connectivity index (χ0v) is 7.41. The van der Waals surface area contributed by atoms with Gasteiger partial charge in [-0.05, 0) is 30.7 Å². The summed E-state index contributed by atoms with van der Waals surface area (Å²) in [6, 6.07) is 3.26. The average molecular weight is 211 g/mol. The van der Waals surface area contributed by atoms with Crippen molar-refractivity contribution in [2.75, 3.05) is 0 Å². The molecule has 0 fully saturated rings. The number of hydrogen-bond acceptors (Lipinski definition) is 1. The minimum absolute atomic E-state index is 0.168. The topological polar surface area (TPSA) is 9.23 Å². The van der Waals surface area contributed by atoms with Crippen molar-refractivity contribution in [2.45, 2.75) is 12.5 Å². The van der Waals surface area contributed by atoms with Gasteiger partial charge >= 0.3 is 5.57 Å². The highest BCUT2D eigenvalue weighted by atomic mass is 35.5. The predicted octanol–water partition coefficient (Wildman–Crippen LogP) is 3.30. The van der Waals surface area contributed by atoms with Crippen molar-refractivity contribution in [1.82, 2.24) is 0 Å². The molecule has 0 saturated carbocycles. The SMILES string of the molecule is Cc1cc(OC(F)(F)Cl)ccc1F. The fourth-order valence-electron chi connectivity index (χ4n) is 0.814. The summed E-state index contributed by atoms with van der Waals surface area (Å²) in [7, 11) is 0. The Morgan fingerprint density at radius 2 is 2.00 bits per heavy atom. The van der Waals surface area contributed by atoms with E-state index in [1.54, 1.807) is 0 Å². The number of aryl methyl sites for hydroxylation is 1. The Labute approximate surface area is 78.1 Å². The van der Waals surface area contributed by atoms with Crippen LogP contribution in [0.4, 0.5) is 13.2 Å². The molecule has 0 aliphatic heterocycles. The number of hydrogen-bond donors (Lipinski definition) is 0. The summed E-state index contributed by atoms with van der Waals surface area (Å²) in [5.74, 6) is -0.649. The summed E-state index contributed by atoms with van der Waals surface area (Å²) in [5.41, 5.74) is -3.54. The molecule has 0 radical (unpaired) electrons. The fraction of sp³-hybridized carbons (Fsp3) is 0.250. The van der Waals surface area contributed by atoms with Gasteiger partial charge in [0.05, 0.1) is 0 Å². The first-order chi connectivity index (χ1) is 5.88. The summed E-state index contributed by atoms with van der Waals surface area (Å²) >= 11 is 4.51. The van der Waals surface area contributed by atoms with E-state index in [-0.39, 0.29) is 11.3 Å². The van der Waals surface area contributed by atoms with Crippen LogP contribution in [0.25, 0.3) is 0 Å². The van der Waals surface area contributed by atoms with E-state index in [9.17, 15) is 13.2 Å². The second kappa shape index (κ2) is 3.46. The molecule has 0 N–H and O–H groups in total. The first-order valence-electron chi connectivity index (χ1n) is 3.40. The maximum Gasteiger partial charge on any atom is 0.487 e. The van der Waals surface area contributed by atoms with E-state index >= 15 is 0 Å². The van der Waals surface area contributed by atoms with Gasteiger partial charge in [0.1, 0.15) is 11.6 Å². The fourth-order valence-corrected chi connectivity index (χ4v) is 0.903. The van der Waals surface area contributed by atoms with Crippen LogP contribution in [0.1, 0.15) is 5.56 Å². The van der Waals surface area contributed by atoms with Gasteiger partial charge in [-0.25, -0.2) is 4.39 Å². The molecule has 1 aromatic carbocycles. The highest BCUT2D eigenvalue weighted by Crippen LogP contribution is 2.25. The van der Waals surface area contributed by atoms with E-state index in [0.29, 0.717) is 0 Å². The van der Waals surface area contributed by atoms with Gasteiger partial charge < -0.3 is 4.74 Å². The third kappa shape index (κ3) is 3.14. The highest BCUT2D eigenvalue weighted by Gasteiger charge is 2.27. The van der Waals surface area contributed by atoms with Gasteiger partial charge in [-0.1, -0.05) is 0 Å². The lowest BCUT2D eigenvalue weighted by Crippen LogP contribution is -2.15. The molecule has 5 heteroatoms. The maximum absolute atomic E-state index is 12.7. The lowest BCUT2D eigenvalue weighted by atomic mass is 10.2. The van der Waals surface area contributed by atoms with Crippen molar-refractivity contribution in [2.24, 2.45) is 0 Å². The van der Waals surface area contributed by atoms with Gasteiger partial charge in [0.25, 0.3) is 0 Å². The summed E-state index contributed by atoms with van der Waals surface area (Å²) in [6.45, 7) is 1.44. The molecule has 0 amide bonds. The van der Waals surface area contributed by atoms with Crippen molar-refractivity contribution < 1.29 is 17.9 Å². The van der Waals surface area contributed by atoms with Gasteiger partial charge in [0.15, 0.2) is 0 Å². The van der Waals surface area contributed by atoms with Crippen molar-refractivity contribution in [3.63, 3.8) is 0 Å². The van der Waals surface area contributed by atoms with Crippen LogP contribution in [0.3, 0.4) is 0 Å². The van der Waals surface area contributed by atoms with Crippen LogP contribution < -0.4 is 4.74 Å². The molecule has 13 heavy (non-hydrogen) atoms. The van der Waals surface area contributed by atoms with E-state index < -0.39 is 11.4 Å². The zero-order chi connectivity index (χ0) is 10.1. The minimum Gasteiger partial charge on any atom is -0.420 e. The summed E-state index contributed by atoms with van der Waals surface area (Å²) in [5, 5.41) is 0. The predicted molar refractivity (Wildman–Crippen MR) is 42.6 cm³/mol. The average Bonchev–Trinajstić information content (AvgIpc) is 1.94. The largest absolute Gasteiger partial charge is 0.487 e. The smallest absolute Gasteiger partial charge is 0.420 e. The van der Waals surface area contributed by atoms with E-state index in [1.807, 2.05) is 0 Å². The summed E-state index contributed by atoms with van der Waals surface area (Å²) in [4.78, 5) is 0. The third-order valence-corrected chi connectivity index (χ3v) is 1.44. The second-order valence-electron chi connectivity index (χ2n) is 2.46. The second-order valence-corrected chi connectivity index (χ2v) is 2.90. The Kier molecular flexibility index (Phi) is 2.71. The molecule has 0 spiro atoms. The molecule has 0 saturated heterocycles. The molecule has 0 unspecified atom stereocenters. The summed E-state index contributed by atoms with van der Waals surface area (Å²) < 4.78 is 40.8. The van der Waals surface area contributed by atoms with Crippen LogP contribution in [-0.4, -0.2) is 5.57 Å². The Morgan fingerprint density at radius 3 is 2.46 bits per heavy atom. The van der Waals surface area contributed by atoms with E-state index in [1.165, 1.54) is 6.92 Å². The van der Waals surface area contributed by atoms with Crippen LogP contribution in [-0.2, 0) is 0 Å². The van der Waals surface area contributed by atoms with Gasteiger partial charge in [0, 0.05) is 11.6 Å². The Hall–Kier alpha value is -0.900. The molecular weight excluding hydrogens is 205 g/mol. The molecule has 0 aromatic heterocycles. The van der Waals surface area contributed by atoms with Crippen LogP contribution >= 0.6 is 11.6 Å². The number of rotatable bonds is 2. The molecule has 1 nitrogen and oxygen atoms in total. The molecule has 0 aliphatic rings.